The summed E-state index contributed by atoms with van der Waals surface area (Å²) in [5, 5.41) is 1.24. The third-order valence-corrected chi connectivity index (χ3v) is 1.79. The Morgan fingerprint density at radius 2 is 1.82 bits per heavy atom. The average Bonchev–Trinajstić information content (AvgIpc) is 2.23. The van der Waals surface area contributed by atoms with E-state index in [1.54, 1.807) is 0 Å². The zero-order valence-electron chi connectivity index (χ0n) is 8.98. The van der Waals surface area contributed by atoms with Crippen LogP contribution in [0.15, 0.2) is 0 Å². The van der Waals surface area contributed by atoms with Crippen molar-refractivity contribution in [1.29, 1.82) is 0 Å². The van der Waals surface area contributed by atoms with Gasteiger partial charge in [0.2, 0.25) is 6.17 Å². The first-order valence-electron chi connectivity index (χ1n) is 4.74. The quantitative estimate of drug-likeness (QED) is 0.582. The Labute approximate surface area is 94.4 Å². The maximum Gasteiger partial charge on any atom is 0.405 e. The SMILES string of the molecule is CC(CF)CC(=O)C(F)C(=O)NCC(F)(F)F. The van der Waals surface area contributed by atoms with Gasteiger partial charge in [0, 0.05) is 6.42 Å². The van der Waals surface area contributed by atoms with Crippen LogP contribution in [-0.2, 0) is 9.59 Å². The summed E-state index contributed by atoms with van der Waals surface area (Å²) >= 11 is 0. The molecule has 0 rings (SSSR count). The summed E-state index contributed by atoms with van der Waals surface area (Å²) in [6.07, 6.45) is -7.90. The minimum atomic E-state index is -4.68. The van der Waals surface area contributed by atoms with Gasteiger partial charge in [-0.05, 0) is 5.92 Å². The number of carbonyl (C=O) groups excluding carboxylic acids is 2. The monoisotopic (exact) mass is 261 g/mol. The number of Topliss-reactive ketones (excluding diaryl/α,β-unsaturated/α-hetero) is 1. The molecule has 0 aromatic carbocycles. The molecule has 0 bridgehead atoms. The molecule has 0 aliphatic heterocycles. The normalized spacial score (nSPS) is 15.2. The van der Waals surface area contributed by atoms with E-state index in [0.717, 1.165) is 0 Å². The lowest BCUT2D eigenvalue weighted by Gasteiger charge is -2.11. The van der Waals surface area contributed by atoms with Crippen LogP contribution in [0.3, 0.4) is 0 Å². The lowest BCUT2D eigenvalue weighted by Crippen LogP contribution is -2.41. The molecule has 0 aromatic rings. The number of halogens is 5. The molecular formula is C9H12F5NO2. The van der Waals surface area contributed by atoms with Gasteiger partial charge in [-0.3, -0.25) is 14.0 Å². The van der Waals surface area contributed by atoms with E-state index >= 15 is 0 Å². The highest BCUT2D eigenvalue weighted by Crippen LogP contribution is 2.13. The fraction of sp³-hybridized carbons (Fsp3) is 0.778. The number of carbonyl (C=O) groups is 2. The zero-order valence-corrected chi connectivity index (χ0v) is 8.98. The minimum absolute atomic E-state index is 0.531. The Hall–Kier alpha value is -1.21. The molecule has 3 nitrogen and oxygen atoms in total. The third-order valence-electron chi connectivity index (χ3n) is 1.79. The number of rotatable bonds is 6. The average molecular weight is 261 g/mol. The highest BCUT2D eigenvalue weighted by atomic mass is 19.4. The van der Waals surface area contributed by atoms with Gasteiger partial charge in [0.25, 0.3) is 5.91 Å². The number of alkyl halides is 5. The van der Waals surface area contributed by atoms with Crippen molar-refractivity contribution in [3.05, 3.63) is 0 Å². The van der Waals surface area contributed by atoms with Crippen LogP contribution in [-0.4, -0.2) is 37.3 Å². The van der Waals surface area contributed by atoms with Crippen molar-refractivity contribution in [3.8, 4) is 0 Å². The van der Waals surface area contributed by atoms with Crippen molar-refractivity contribution < 1.29 is 31.5 Å². The lowest BCUT2D eigenvalue weighted by atomic mass is 10.0. The van der Waals surface area contributed by atoms with Crippen molar-refractivity contribution >= 4 is 11.7 Å². The van der Waals surface area contributed by atoms with Crippen LogP contribution in [0.2, 0.25) is 0 Å². The van der Waals surface area contributed by atoms with Crippen molar-refractivity contribution in [2.24, 2.45) is 5.92 Å². The summed E-state index contributed by atoms with van der Waals surface area (Å²) in [7, 11) is 0. The second kappa shape index (κ2) is 6.51. The molecule has 2 atom stereocenters. The smallest absolute Gasteiger partial charge is 0.344 e. The fourth-order valence-corrected chi connectivity index (χ4v) is 0.925. The van der Waals surface area contributed by atoms with E-state index in [4.69, 9.17) is 0 Å². The third kappa shape index (κ3) is 6.85. The molecule has 0 spiro atoms. The van der Waals surface area contributed by atoms with Crippen LogP contribution in [0.4, 0.5) is 22.0 Å². The van der Waals surface area contributed by atoms with E-state index in [0.29, 0.717) is 0 Å². The maximum atomic E-state index is 13.0. The number of nitrogens with one attached hydrogen (secondary N) is 1. The summed E-state index contributed by atoms with van der Waals surface area (Å²) in [6, 6.07) is 0. The zero-order chi connectivity index (χ0) is 13.6. The van der Waals surface area contributed by atoms with Crippen molar-refractivity contribution in [1.82, 2.24) is 5.32 Å². The van der Waals surface area contributed by atoms with Gasteiger partial charge in [-0.1, -0.05) is 6.92 Å². The van der Waals surface area contributed by atoms with Crippen molar-refractivity contribution in [2.45, 2.75) is 25.7 Å². The molecule has 0 radical (unpaired) electrons. The van der Waals surface area contributed by atoms with E-state index in [2.05, 4.69) is 0 Å². The summed E-state index contributed by atoms with van der Waals surface area (Å²) < 4.78 is 60.0. The van der Waals surface area contributed by atoms with Crippen molar-refractivity contribution in [3.63, 3.8) is 0 Å². The predicted molar refractivity (Wildman–Crippen MR) is 48.7 cm³/mol. The molecule has 1 amide bonds. The molecule has 17 heavy (non-hydrogen) atoms. The summed E-state index contributed by atoms with van der Waals surface area (Å²) in [5.41, 5.74) is 0. The Balaban J connectivity index is 4.17. The first kappa shape index (κ1) is 15.8. The second-order valence-corrected chi connectivity index (χ2v) is 3.63. The Morgan fingerprint density at radius 1 is 1.29 bits per heavy atom. The van der Waals surface area contributed by atoms with Crippen LogP contribution in [0.5, 0.6) is 0 Å². The van der Waals surface area contributed by atoms with E-state index in [-0.39, 0.29) is 0 Å². The van der Waals surface area contributed by atoms with Gasteiger partial charge in [0.05, 0.1) is 6.67 Å². The van der Waals surface area contributed by atoms with Gasteiger partial charge in [0.1, 0.15) is 6.54 Å². The number of ketones is 1. The molecule has 0 saturated heterocycles. The molecule has 0 saturated carbocycles. The van der Waals surface area contributed by atoms with E-state index in [9.17, 15) is 31.5 Å². The minimum Gasteiger partial charge on any atom is -0.344 e. The second-order valence-electron chi connectivity index (χ2n) is 3.63. The summed E-state index contributed by atoms with van der Waals surface area (Å²) in [6.45, 7) is -1.26. The molecular weight excluding hydrogens is 249 g/mol. The highest BCUT2D eigenvalue weighted by Gasteiger charge is 2.32. The lowest BCUT2D eigenvalue weighted by molar-refractivity contribution is -0.145. The molecule has 8 heteroatoms. The van der Waals surface area contributed by atoms with E-state index in [1.807, 2.05) is 0 Å². The maximum absolute atomic E-state index is 13.0. The number of hydrogen-bond acceptors (Lipinski definition) is 2. The molecule has 1 N–H and O–H groups in total. The Morgan fingerprint density at radius 3 is 2.24 bits per heavy atom. The van der Waals surface area contributed by atoms with Gasteiger partial charge in [-0.15, -0.1) is 0 Å². The summed E-state index contributed by atoms with van der Waals surface area (Å²) in [4.78, 5) is 21.8. The molecule has 0 heterocycles. The molecule has 0 aromatic heterocycles. The van der Waals surface area contributed by atoms with Crippen molar-refractivity contribution in [2.75, 3.05) is 13.2 Å². The first-order valence-corrected chi connectivity index (χ1v) is 4.74. The van der Waals surface area contributed by atoms with Crippen LogP contribution >= 0.6 is 0 Å². The van der Waals surface area contributed by atoms with E-state index in [1.165, 1.54) is 12.2 Å². The topological polar surface area (TPSA) is 46.2 Å². The molecule has 0 aliphatic carbocycles. The summed E-state index contributed by atoms with van der Waals surface area (Å²) in [5.74, 6) is -3.65. The predicted octanol–water partition coefficient (Wildman–Crippen LogP) is 1.57. The van der Waals surface area contributed by atoms with Gasteiger partial charge < -0.3 is 5.32 Å². The molecule has 100 valence electrons. The van der Waals surface area contributed by atoms with Gasteiger partial charge >= 0.3 is 6.18 Å². The number of amides is 1. The van der Waals surface area contributed by atoms with Crippen LogP contribution in [0.25, 0.3) is 0 Å². The van der Waals surface area contributed by atoms with Gasteiger partial charge in [-0.2, -0.15) is 13.2 Å². The van der Waals surface area contributed by atoms with Gasteiger partial charge in [0.15, 0.2) is 5.78 Å². The van der Waals surface area contributed by atoms with Crippen LogP contribution in [0, 0.1) is 5.92 Å². The van der Waals surface area contributed by atoms with Gasteiger partial charge in [-0.25, -0.2) is 4.39 Å². The Kier molecular flexibility index (Phi) is 6.04. The Bertz CT molecular complexity index is 279. The standard InChI is InChI=1S/C9H12F5NO2/c1-5(3-10)2-6(16)7(11)8(17)15-4-9(12,13)14/h5,7H,2-4H2,1H3,(H,15,17). The highest BCUT2D eigenvalue weighted by molar-refractivity contribution is 6.04. The molecule has 2 unspecified atom stereocenters. The van der Waals surface area contributed by atoms with Crippen LogP contribution in [0.1, 0.15) is 13.3 Å². The molecule has 0 aliphatic rings. The first-order chi connectivity index (χ1) is 7.67. The van der Waals surface area contributed by atoms with Crippen LogP contribution < -0.4 is 5.32 Å². The molecule has 0 fully saturated rings. The largest absolute Gasteiger partial charge is 0.405 e. The number of hydrogen-bond donors (Lipinski definition) is 1. The van der Waals surface area contributed by atoms with E-state index < -0.39 is 49.6 Å². The fourth-order valence-electron chi connectivity index (χ4n) is 0.925.